The topological polar surface area (TPSA) is 24.9 Å². The molecule has 9 heteroatoms. The number of halogens is 6. The van der Waals surface area contributed by atoms with Gasteiger partial charge in [0.2, 0.25) is 0 Å². The van der Waals surface area contributed by atoms with Gasteiger partial charge in [0.05, 0.1) is 4.88 Å². The van der Waals surface area contributed by atoms with Crippen molar-refractivity contribution in [1.29, 1.82) is 0 Å². The fourth-order valence-corrected chi connectivity index (χ4v) is 2.02. The second kappa shape index (κ2) is 4.81. The number of alkyl halides is 6. The number of thiazole rings is 1. The smallest absolute Gasteiger partial charge is 0.302 e. The van der Waals surface area contributed by atoms with Gasteiger partial charge in [0, 0.05) is 6.20 Å². The van der Waals surface area contributed by atoms with Gasteiger partial charge in [-0.2, -0.15) is 26.3 Å². The SMILES string of the molecule is CCNC(c1cnc(C(F)(F)F)s1)C(F)(F)F. The monoisotopic (exact) mass is 278 g/mol. The second-order valence-electron chi connectivity index (χ2n) is 3.10. The van der Waals surface area contributed by atoms with Gasteiger partial charge >= 0.3 is 12.4 Å². The molecule has 17 heavy (non-hydrogen) atoms. The Morgan fingerprint density at radius 1 is 1.29 bits per heavy atom. The van der Waals surface area contributed by atoms with Gasteiger partial charge in [-0.25, -0.2) is 4.98 Å². The largest absolute Gasteiger partial charge is 0.443 e. The van der Waals surface area contributed by atoms with E-state index in [1.54, 1.807) is 0 Å². The van der Waals surface area contributed by atoms with Crippen molar-refractivity contribution in [3.05, 3.63) is 16.1 Å². The third kappa shape index (κ3) is 3.56. The average molecular weight is 278 g/mol. The Morgan fingerprint density at radius 2 is 1.88 bits per heavy atom. The lowest BCUT2D eigenvalue weighted by Crippen LogP contribution is -2.33. The van der Waals surface area contributed by atoms with E-state index in [0.29, 0.717) is 6.20 Å². The van der Waals surface area contributed by atoms with Crippen molar-refractivity contribution in [3.8, 4) is 0 Å². The molecule has 1 N–H and O–H groups in total. The van der Waals surface area contributed by atoms with Crippen molar-refractivity contribution in [2.24, 2.45) is 0 Å². The molecule has 0 bridgehead atoms. The Hall–Kier alpha value is -0.830. The molecule has 0 radical (unpaired) electrons. The lowest BCUT2D eigenvalue weighted by molar-refractivity contribution is -0.156. The van der Waals surface area contributed by atoms with E-state index in [9.17, 15) is 26.3 Å². The van der Waals surface area contributed by atoms with Gasteiger partial charge in [-0.15, -0.1) is 11.3 Å². The summed E-state index contributed by atoms with van der Waals surface area (Å²) < 4.78 is 74.2. The summed E-state index contributed by atoms with van der Waals surface area (Å²) in [6.45, 7) is 1.42. The molecule has 1 atom stereocenters. The van der Waals surface area contributed by atoms with Crippen molar-refractivity contribution >= 4 is 11.3 Å². The average Bonchev–Trinajstić information content (AvgIpc) is 2.59. The molecule has 1 unspecified atom stereocenters. The van der Waals surface area contributed by atoms with Crippen molar-refractivity contribution in [3.63, 3.8) is 0 Å². The first-order valence-electron chi connectivity index (χ1n) is 4.49. The fourth-order valence-electron chi connectivity index (χ4n) is 1.13. The Labute approximate surface area is 96.7 Å². The van der Waals surface area contributed by atoms with Crippen LogP contribution in [0.3, 0.4) is 0 Å². The first kappa shape index (κ1) is 14.2. The number of nitrogens with one attached hydrogen (secondary N) is 1. The zero-order chi connectivity index (χ0) is 13.3. The summed E-state index contributed by atoms with van der Waals surface area (Å²) in [5.41, 5.74) is 0. The van der Waals surface area contributed by atoms with E-state index < -0.39 is 28.3 Å². The molecule has 0 saturated heterocycles. The van der Waals surface area contributed by atoms with Crippen LogP contribution >= 0.6 is 11.3 Å². The number of hydrogen-bond donors (Lipinski definition) is 1. The maximum Gasteiger partial charge on any atom is 0.443 e. The molecule has 98 valence electrons. The quantitative estimate of drug-likeness (QED) is 0.857. The molecule has 1 aromatic rings. The third-order valence-electron chi connectivity index (χ3n) is 1.79. The second-order valence-corrected chi connectivity index (χ2v) is 4.16. The molecule has 0 fully saturated rings. The maximum atomic E-state index is 12.5. The Balaban J connectivity index is 3.01. The summed E-state index contributed by atoms with van der Waals surface area (Å²) in [5, 5.41) is 0.804. The van der Waals surface area contributed by atoms with E-state index in [0.717, 1.165) is 0 Å². The zero-order valence-electron chi connectivity index (χ0n) is 8.49. The van der Waals surface area contributed by atoms with E-state index in [1.165, 1.54) is 6.92 Å². The summed E-state index contributed by atoms with van der Waals surface area (Å²) in [5.74, 6) is 0. The molecule has 0 saturated carbocycles. The summed E-state index contributed by atoms with van der Waals surface area (Å²) in [7, 11) is 0. The third-order valence-corrected chi connectivity index (χ3v) is 2.89. The maximum absolute atomic E-state index is 12.5. The van der Waals surface area contributed by atoms with E-state index in [-0.39, 0.29) is 17.9 Å². The fraction of sp³-hybridized carbons (Fsp3) is 0.625. The lowest BCUT2D eigenvalue weighted by Gasteiger charge is -2.19. The normalized spacial score (nSPS) is 15.0. The highest BCUT2D eigenvalue weighted by atomic mass is 32.1. The van der Waals surface area contributed by atoms with Crippen LogP contribution in [0.15, 0.2) is 6.20 Å². The first-order valence-corrected chi connectivity index (χ1v) is 5.31. The molecular weight excluding hydrogens is 270 g/mol. The number of aromatic nitrogens is 1. The molecule has 0 spiro atoms. The Bertz CT molecular complexity index is 369. The molecule has 0 aliphatic carbocycles. The van der Waals surface area contributed by atoms with E-state index in [2.05, 4.69) is 10.3 Å². The Kier molecular flexibility index (Phi) is 4.03. The van der Waals surface area contributed by atoms with Crippen molar-refractivity contribution < 1.29 is 26.3 Å². The molecule has 0 aliphatic rings. The van der Waals surface area contributed by atoms with Crippen LogP contribution in [-0.2, 0) is 6.18 Å². The number of rotatable bonds is 3. The van der Waals surface area contributed by atoms with Crippen LogP contribution in [0.5, 0.6) is 0 Å². The predicted molar refractivity (Wildman–Crippen MR) is 49.6 cm³/mol. The standard InChI is InChI=1S/C8H8F6N2S/c1-2-15-5(7(9,10)11)4-3-16-6(17-4)8(12,13)14/h3,5,15H,2H2,1H3. The summed E-state index contributed by atoms with van der Waals surface area (Å²) in [6, 6.07) is -2.11. The van der Waals surface area contributed by atoms with Crippen molar-refractivity contribution in [2.75, 3.05) is 6.54 Å². The van der Waals surface area contributed by atoms with Gasteiger partial charge in [-0.1, -0.05) is 6.92 Å². The van der Waals surface area contributed by atoms with Gasteiger partial charge in [0.25, 0.3) is 0 Å². The minimum absolute atomic E-state index is 0.00387. The van der Waals surface area contributed by atoms with Crippen molar-refractivity contribution in [2.45, 2.75) is 25.3 Å². The summed E-state index contributed by atoms with van der Waals surface area (Å²) >= 11 is -0.00387. The van der Waals surface area contributed by atoms with Crippen LogP contribution in [0.1, 0.15) is 22.9 Å². The molecule has 2 nitrogen and oxygen atoms in total. The summed E-state index contributed by atoms with van der Waals surface area (Å²) in [6.07, 6.45) is -8.76. The van der Waals surface area contributed by atoms with E-state index in [4.69, 9.17) is 0 Å². The van der Waals surface area contributed by atoms with Gasteiger partial charge in [-0.05, 0) is 6.54 Å². The van der Waals surface area contributed by atoms with E-state index >= 15 is 0 Å². The van der Waals surface area contributed by atoms with Crippen LogP contribution in [0.25, 0.3) is 0 Å². The molecule has 0 aromatic carbocycles. The van der Waals surface area contributed by atoms with Crippen LogP contribution < -0.4 is 5.32 Å². The predicted octanol–water partition coefficient (Wildman–Crippen LogP) is 3.37. The highest BCUT2D eigenvalue weighted by molar-refractivity contribution is 7.11. The van der Waals surface area contributed by atoms with Gasteiger partial charge in [0.1, 0.15) is 6.04 Å². The minimum Gasteiger partial charge on any atom is -0.302 e. The number of nitrogens with zero attached hydrogens (tertiary/aromatic N) is 1. The van der Waals surface area contributed by atoms with Gasteiger partial charge < -0.3 is 5.32 Å². The van der Waals surface area contributed by atoms with Gasteiger partial charge in [0.15, 0.2) is 5.01 Å². The molecule has 0 aliphatic heterocycles. The molecule has 0 amide bonds. The highest BCUT2D eigenvalue weighted by Gasteiger charge is 2.43. The number of hydrogen-bond acceptors (Lipinski definition) is 3. The molecule has 1 heterocycles. The lowest BCUT2D eigenvalue weighted by atomic mass is 10.2. The first-order chi connectivity index (χ1) is 7.66. The molecule has 1 rings (SSSR count). The zero-order valence-corrected chi connectivity index (χ0v) is 9.30. The minimum atomic E-state index is -4.72. The van der Waals surface area contributed by atoms with Crippen LogP contribution in [0.2, 0.25) is 0 Å². The van der Waals surface area contributed by atoms with Crippen LogP contribution in [-0.4, -0.2) is 17.7 Å². The molecular formula is C8H8F6N2S. The Morgan fingerprint density at radius 3 is 2.24 bits per heavy atom. The van der Waals surface area contributed by atoms with E-state index in [1.807, 2.05) is 0 Å². The van der Waals surface area contributed by atoms with Crippen molar-refractivity contribution in [1.82, 2.24) is 10.3 Å². The van der Waals surface area contributed by atoms with Crippen LogP contribution in [0, 0.1) is 0 Å². The summed E-state index contributed by atoms with van der Waals surface area (Å²) in [4.78, 5) is 2.46. The molecule has 1 aromatic heterocycles. The van der Waals surface area contributed by atoms with Crippen LogP contribution in [0.4, 0.5) is 26.3 Å². The highest BCUT2D eigenvalue weighted by Crippen LogP contribution is 2.39. The van der Waals surface area contributed by atoms with Gasteiger partial charge in [-0.3, -0.25) is 0 Å².